The zero-order valence-corrected chi connectivity index (χ0v) is 10.6. The first kappa shape index (κ1) is 12.6. The van der Waals surface area contributed by atoms with Gasteiger partial charge in [0.2, 0.25) is 0 Å². The first-order chi connectivity index (χ1) is 8.11. The summed E-state index contributed by atoms with van der Waals surface area (Å²) in [6.07, 6.45) is 1.04. The maximum Gasteiger partial charge on any atom is 0.122 e. The van der Waals surface area contributed by atoms with Crippen LogP contribution in [0.4, 0.5) is 0 Å². The third kappa shape index (κ3) is 2.70. The summed E-state index contributed by atoms with van der Waals surface area (Å²) in [6, 6.07) is 4.14. The van der Waals surface area contributed by atoms with Gasteiger partial charge in [-0.1, -0.05) is 0 Å². The van der Waals surface area contributed by atoms with Gasteiger partial charge in [0.15, 0.2) is 0 Å². The van der Waals surface area contributed by atoms with Crippen molar-refractivity contribution in [1.82, 2.24) is 4.90 Å². The minimum absolute atomic E-state index is 0.0259. The van der Waals surface area contributed by atoms with Crippen LogP contribution in [0.2, 0.25) is 0 Å². The summed E-state index contributed by atoms with van der Waals surface area (Å²) in [6.45, 7) is 6.11. The molecule has 0 aliphatic carbocycles. The van der Waals surface area contributed by atoms with E-state index in [1.807, 2.05) is 26.0 Å². The third-order valence-corrected chi connectivity index (χ3v) is 3.52. The van der Waals surface area contributed by atoms with Crippen LogP contribution in [-0.2, 0) is 0 Å². The van der Waals surface area contributed by atoms with Crippen LogP contribution < -0.4 is 5.73 Å². The van der Waals surface area contributed by atoms with Crippen molar-refractivity contribution >= 4 is 0 Å². The van der Waals surface area contributed by atoms with Gasteiger partial charge in [-0.2, -0.15) is 0 Å². The predicted octanol–water partition coefficient (Wildman–Crippen LogP) is 1.29. The van der Waals surface area contributed by atoms with E-state index in [1.54, 1.807) is 0 Å². The van der Waals surface area contributed by atoms with Gasteiger partial charge in [-0.05, 0) is 44.9 Å². The van der Waals surface area contributed by atoms with E-state index in [-0.39, 0.29) is 18.7 Å². The molecule has 3 unspecified atom stereocenters. The number of hydrogen-bond acceptors (Lipinski definition) is 4. The maximum atomic E-state index is 9.20. The Balaban J connectivity index is 2.13. The Kier molecular flexibility index (Phi) is 3.86. The summed E-state index contributed by atoms with van der Waals surface area (Å²) in [4.78, 5) is 2.32. The van der Waals surface area contributed by atoms with Gasteiger partial charge in [0, 0.05) is 19.2 Å². The van der Waals surface area contributed by atoms with Gasteiger partial charge >= 0.3 is 0 Å². The third-order valence-electron chi connectivity index (χ3n) is 3.52. The van der Waals surface area contributed by atoms with Crippen molar-refractivity contribution in [3.05, 3.63) is 23.7 Å². The first-order valence-corrected chi connectivity index (χ1v) is 6.28. The average Bonchev–Trinajstić information content (AvgIpc) is 2.88. The van der Waals surface area contributed by atoms with Crippen molar-refractivity contribution in [3.63, 3.8) is 0 Å². The molecule has 17 heavy (non-hydrogen) atoms. The van der Waals surface area contributed by atoms with E-state index in [2.05, 4.69) is 4.90 Å². The molecule has 0 spiro atoms. The van der Waals surface area contributed by atoms with Gasteiger partial charge in [0.25, 0.3) is 0 Å². The van der Waals surface area contributed by atoms with Gasteiger partial charge in [0.1, 0.15) is 11.5 Å². The second-order valence-electron chi connectivity index (χ2n) is 5.08. The number of aliphatic hydroxyl groups excluding tert-OH is 1. The molecule has 1 fully saturated rings. The molecule has 4 nitrogen and oxygen atoms in total. The van der Waals surface area contributed by atoms with Crippen molar-refractivity contribution in [3.8, 4) is 0 Å². The molecular formula is C13H22N2O2. The topological polar surface area (TPSA) is 62.6 Å². The molecule has 0 aromatic carbocycles. The largest absolute Gasteiger partial charge is 0.465 e. The molecule has 2 rings (SSSR count). The average molecular weight is 238 g/mol. The van der Waals surface area contributed by atoms with E-state index in [1.165, 1.54) is 0 Å². The van der Waals surface area contributed by atoms with E-state index >= 15 is 0 Å². The number of aliphatic hydroxyl groups is 1. The standard InChI is InChI=1S/C13H22N2O2/c1-9-3-4-12(17-9)13(10(2)14)15-6-5-11(7-15)8-16/h3-4,10-11,13,16H,5-8,14H2,1-2H3. The highest BCUT2D eigenvalue weighted by atomic mass is 16.3. The molecule has 1 aromatic rings. The number of furan rings is 1. The number of hydrogen-bond donors (Lipinski definition) is 2. The van der Waals surface area contributed by atoms with Crippen molar-refractivity contribution < 1.29 is 9.52 Å². The van der Waals surface area contributed by atoms with E-state index in [9.17, 15) is 5.11 Å². The fraction of sp³-hybridized carbons (Fsp3) is 0.692. The summed E-state index contributed by atoms with van der Waals surface area (Å²) in [5, 5.41) is 9.20. The van der Waals surface area contributed by atoms with Crippen LogP contribution in [0.25, 0.3) is 0 Å². The van der Waals surface area contributed by atoms with Gasteiger partial charge in [0.05, 0.1) is 6.04 Å². The smallest absolute Gasteiger partial charge is 0.122 e. The van der Waals surface area contributed by atoms with Gasteiger partial charge in [-0.3, -0.25) is 4.90 Å². The Morgan fingerprint density at radius 2 is 2.35 bits per heavy atom. The van der Waals surface area contributed by atoms with Crippen LogP contribution in [0.15, 0.2) is 16.5 Å². The summed E-state index contributed by atoms with van der Waals surface area (Å²) < 4.78 is 5.70. The SMILES string of the molecule is Cc1ccc(C(C(C)N)N2CCC(CO)C2)o1. The molecule has 0 radical (unpaired) electrons. The molecule has 1 aliphatic heterocycles. The number of nitrogens with two attached hydrogens (primary N) is 1. The lowest BCUT2D eigenvalue weighted by atomic mass is 10.1. The molecule has 1 saturated heterocycles. The first-order valence-electron chi connectivity index (χ1n) is 6.28. The minimum Gasteiger partial charge on any atom is -0.465 e. The van der Waals surface area contributed by atoms with Gasteiger partial charge in [-0.25, -0.2) is 0 Å². The monoisotopic (exact) mass is 238 g/mol. The molecule has 1 aromatic heterocycles. The molecule has 3 N–H and O–H groups in total. The highest BCUT2D eigenvalue weighted by molar-refractivity contribution is 5.12. The minimum atomic E-state index is 0.0259. The Morgan fingerprint density at radius 1 is 1.59 bits per heavy atom. The van der Waals surface area contributed by atoms with Crippen molar-refractivity contribution in [2.45, 2.75) is 32.4 Å². The predicted molar refractivity (Wildman–Crippen MR) is 66.6 cm³/mol. The Labute approximate surface area is 102 Å². The second-order valence-corrected chi connectivity index (χ2v) is 5.08. The quantitative estimate of drug-likeness (QED) is 0.829. The molecule has 3 atom stereocenters. The number of aryl methyl sites for hydroxylation is 1. The molecule has 0 saturated carbocycles. The van der Waals surface area contributed by atoms with Crippen molar-refractivity contribution in [2.24, 2.45) is 11.7 Å². The van der Waals surface area contributed by atoms with Crippen LogP contribution in [0.3, 0.4) is 0 Å². The molecule has 96 valence electrons. The zero-order chi connectivity index (χ0) is 12.4. The number of rotatable bonds is 4. The van der Waals surface area contributed by atoms with Crippen LogP contribution in [0.1, 0.15) is 30.9 Å². The highest BCUT2D eigenvalue weighted by Crippen LogP contribution is 2.30. The molecule has 2 heterocycles. The molecule has 4 heteroatoms. The molecule has 0 amide bonds. The van der Waals surface area contributed by atoms with E-state index < -0.39 is 0 Å². The van der Waals surface area contributed by atoms with Crippen molar-refractivity contribution in [2.75, 3.05) is 19.7 Å². The zero-order valence-electron chi connectivity index (χ0n) is 10.6. The fourth-order valence-electron chi connectivity index (χ4n) is 2.65. The molecule has 1 aliphatic rings. The summed E-state index contributed by atoms with van der Waals surface area (Å²) in [5.74, 6) is 2.24. The van der Waals surface area contributed by atoms with Gasteiger partial charge < -0.3 is 15.3 Å². The van der Waals surface area contributed by atoms with Crippen LogP contribution in [-0.4, -0.2) is 35.7 Å². The fourth-order valence-corrected chi connectivity index (χ4v) is 2.65. The lowest BCUT2D eigenvalue weighted by Crippen LogP contribution is -2.38. The summed E-state index contributed by atoms with van der Waals surface area (Å²) in [5.41, 5.74) is 6.08. The van der Waals surface area contributed by atoms with Crippen LogP contribution in [0.5, 0.6) is 0 Å². The van der Waals surface area contributed by atoms with Crippen LogP contribution in [0, 0.1) is 12.8 Å². The summed E-state index contributed by atoms with van der Waals surface area (Å²) >= 11 is 0. The van der Waals surface area contributed by atoms with E-state index in [0.29, 0.717) is 5.92 Å². The normalized spacial score (nSPS) is 25.1. The number of nitrogens with zero attached hydrogens (tertiary/aromatic N) is 1. The second kappa shape index (κ2) is 5.21. The molecule has 0 bridgehead atoms. The van der Waals surface area contributed by atoms with E-state index in [0.717, 1.165) is 31.0 Å². The lowest BCUT2D eigenvalue weighted by Gasteiger charge is -2.29. The number of likely N-dealkylation sites (tertiary alicyclic amines) is 1. The van der Waals surface area contributed by atoms with E-state index in [4.69, 9.17) is 10.2 Å². The highest BCUT2D eigenvalue weighted by Gasteiger charge is 2.32. The molecular weight excluding hydrogens is 216 g/mol. The van der Waals surface area contributed by atoms with Gasteiger partial charge in [-0.15, -0.1) is 0 Å². The maximum absolute atomic E-state index is 9.20. The van der Waals surface area contributed by atoms with Crippen LogP contribution >= 0.6 is 0 Å². The Bertz CT molecular complexity index is 362. The van der Waals surface area contributed by atoms with Crippen molar-refractivity contribution in [1.29, 1.82) is 0 Å². The summed E-state index contributed by atoms with van der Waals surface area (Å²) in [7, 11) is 0. The Morgan fingerprint density at radius 3 is 2.82 bits per heavy atom. The Hall–Kier alpha value is -0.840. The lowest BCUT2D eigenvalue weighted by molar-refractivity contribution is 0.167.